The minimum Gasteiger partial charge on any atom is -0.476 e. The molecule has 28 heavy (non-hydrogen) atoms. The summed E-state index contributed by atoms with van der Waals surface area (Å²) < 4.78 is 15.7. The number of benzene rings is 1. The number of carboxylic acid groups (broad SMARTS) is 1. The van der Waals surface area contributed by atoms with Gasteiger partial charge in [-0.25, -0.2) is 14.2 Å². The molecule has 146 valence electrons. The number of hydrogen-bond acceptors (Lipinski definition) is 4. The second-order valence-corrected chi connectivity index (χ2v) is 7.46. The van der Waals surface area contributed by atoms with Crippen LogP contribution in [0, 0.1) is 12.7 Å². The molecule has 0 spiro atoms. The van der Waals surface area contributed by atoms with E-state index in [4.69, 9.17) is 0 Å². The van der Waals surface area contributed by atoms with Gasteiger partial charge in [0, 0.05) is 30.6 Å². The van der Waals surface area contributed by atoms with Gasteiger partial charge in [0.25, 0.3) is 5.91 Å². The standard InChI is InChI=1S/C20H21FN4O3/c1-10-7-24(8-11(2)23-10)19(26)16-12(3)18-17(20(27)28)22-9-25(18)15-5-4-13(21)6-14(15)16/h4-6,9-11,23H,7-8H2,1-3H3,(H,27,28). The van der Waals surface area contributed by atoms with Gasteiger partial charge in [0.15, 0.2) is 5.69 Å². The van der Waals surface area contributed by atoms with Crippen molar-refractivity contribution in [3.05, 3.63) is 47.2 Å². The van der Waals surface area contributed by atoms with E-state index in [1.807, 2.05) is 13.8 Å². The van der Waals surface area contributed by atoms with Crippen molar-refractivity contribution in [2.45, 2.75) is 32.9 Å². The Morgan fingerprint density at radius 1 is 1.25 bits per heavy atom. The van der Waals surface area contributed by atoms with Crippen LogP contribution in [0.15, 0.2) is 24.5 Å². The zero-order valence-corrected chi connectivity index (χ0v) is 15.9. The van der Waals surface area contributed by atoms with Gasteiger partial charge in [-0.2, -0.15) is 0 Å². The number of amides is 1. The number of carbonyl (C=O) groups is 2. The van der Waals surface area contributed by atoms with Crippen LogP contribution < -0.4 is 5.32 Å². The van der Waals surface area contributed by atoms with Crippen molar-refractivity contribution in [2.75, 3.05) is 13.1 Å². The molecule has 2 N–H and O–H groups in total. The Bertz CT molecular complexity index is 1110. The third-order valence-electron chi connectivity index (χ3n) is 5.25. The number of aryl methyl sites for hydroxylation is 1. The molecule has 7 nitrogen and oxygen atoms in total. The number of rotatable bonds is 2. The molecule has 0 aliphatic carbocycles. The van der Waals surface area contributed by atoms with Crippen molar-refractivity contribution in [2.24, 2.45) is 0 Å². The quantitative estimate of drug-likeness (QED) is 0.709. The van der Waals surface area contributed by atoms with E-state index < -0.39 is 11.8 Å². The fourth-order valence-electron chi connectivity index (χ4n) is 4.21. The lowest BCUT2D eigenvalue weighted by molar-refractivity contribution is 0.0670. The van der Waals surface area contributed by atoms with Gasteiger partial charge in [-0.1, -0.05) is 0 Å². The average Bonchev–Trinajstić information content (AvgIpc) is 3.06. The second-order valence-electron chi connectivity index (χ2n) is 7.46. The predicted octanol–water partition coefficient (Wildman–Crippen LogP) is 2.46. The number of imidazole rings is 1. The number of carbonyl (C=O) groups excluding carboxylic acids is 1. The molecule has 3 aromatic rings. The number of nitrogens with one attached hydrogen (secondary N) is 1. The van der Waals surface area contributed by atoms with Crippen LogP contribution in [0.1, 0.15) is 40.3 Å². The van der Waals surface area contributed by atoms with Gasteiger partial charge in [-0.15, -0.1) is 0 Å². The average molecular weight is 384 g/mol. The number of pyridine rings is 1. The first-order chi connectivity index (χ1) is 13.3. The van der Waals surface area contributed by atoms with E-state index in [1.165, 1.54) is 18.5 Å². The number of aromatic carboxylic acids is 1. The molecule has 0 bridgehead atoms. The molecule has 8 heteroatoms. The number of nitrogens with zero attached hydrogens (tertiary/aromatic N) is 3. The van der Waals surface area contributed by atoms with E-state index >= 15 is 0 Å². The summed E-state index contributed by atoms with van der Waals surface area (Å²) in [5.41, 5.74) is 1.58. The first-order valence-electron chi connectivity index (χ1n) is 9.15. The summed E-state index contributed by atoms with van der Waals surface area (Å²) in [6.45, 7) is 6.74. The van der Waals surface area contributed by atoms with Crippen LogP contribution in [0.5, 0.6) is 0 Å². The Morgan fingerprint density at radius 2 is 1.93 bits per heavy atom. The summed E-state index contributed by atoms with van der Waals surface area (Å²) in [7, 11) is 0. The predicted molar refractivity (Wildman–Crippen MR) is 102 cm³/mol. The molecule has 2 atom stereocenters. The van der Waals surface area contributed by atoms with E-state index in [2.05, 4.69) is 10.3 Å². The van der Waals surface area contributed by atoms with Gasteiger partial charge in [-0.3, -0.25) is 9.20 Å². The van der Waals surface area contributed by atoms with Crippen molar-refractivity contribution in [3.8, 4) is 0 Å². The molecule has 1 amide bonds. The molecule has 2 unspecified atom stereocenters. The maximum atomic E-state index is 14.1. The van der Waals surface area contributed by atoms with Crippen LogP contribution in [0.4, 0.5) is 4.39 Å². The maximum absolute atomic E-state index is 14.1. The molecular formula is C20H21FN4O3. The number of fused-ring (bicyclic) bond motifs is 3. The van der Waals surface area contributed by atoms with E-state index in [0.717, 1.165) is 0 Å². The van der Waals surface area contributed by atoms with Crippen LogP contribution >= 0.6 is 0 Å². The third kappa shape index (κ3) is 2.80. The molecule has 1 aliphatic rings. The topological polar surface area (TPSA) is 86.9 Å². The normalized spacial score (nSPS) is 20.1. The largest absolute Gasteiger partial charge is 0.476 e. The van der Waals surface area contributed by atoms with Gasteiger partial charge >= 0.3 is 5.97 Å². The lowest BCUT2D eigenvalue weighted by Crippen LogP contribution is -2.56. The highest BCUT2D eigenvalue weighted by Crippen LogP contribution is 2.30. The minimum atomic E-state index is -1.17. The van der Waals surface area contributed by atoms with Crippen LogP contribution in [0.2, 0.25) is 0 Å². The highest BCUT2D eigenvalue weighted by Gasteiger charge is 2.30. The van der Waals surface area contributed by atoms with Crippen molar-refractivity contribution in [1.82, 2.24) is 19.6 Å². The van der Waals surface area contributed by atoms with Gasteiger partial charge in [0.05, 0.1) is 16.6 Å². The fourth-order valence-corrected chi connectivity index (χ4v) is 4.21. The van der Waals surface area contributed by atoms with E-state index in [0.29, 0.717) is 40.6 Å². The third-order valence-corrected chi connectivity index (χ3v) is 5.25. The Morgan fingerprint density at radius 3 is 2.57 bits per heavy atom. The van der Waals surface area contributed by atoms with Gasteiger partial charge < -0.3 is 15.3 Å². The summed E-state index contributed by atoms with van der Waals surface area (Å²) in [5.74, 6) is -1.86. The van der Waals surface area contributed by atoms with E-state index in [9.17, 15) is 19.1 Å². The molecule has 1 saturated heterocycles. The van der Waals surface area contributed by atoms with Crippen molar-refractivity contribution in [1.29, 1.82) is 0 Å². The minimum absolute atomic E-state index is 0.125. The highest BCUT2D eigenvalue weighted by atomic mass is 19.1. The van der Waals surface area contributed by atoms with E-state index in [1.54, 1.807) is 22.3 Å². The van der Waals surface area contributed by atoms with E-state index in [-0.39, 0.29) is 23.7 Å². The summed E-state index contributed by atoms with van der Waals surface area (Å²) in [6.07, 6.45) is 1.40. The molecule has 1 aromatic carbocycles. The van der Waals surface area contributed by atoms with Crippen molar-refractivity contribution >= 4 is 28.3 Å². The van der Waals surface area contributed by atoms with Gasteiger partial charge in [-0.05, 0) is 44.5 Å². The Hall–Kier alpha value is -3.00. The number of piperazine rings is 1. The lowest BCUT2D eigenvalue weighted by atomic mass is 9.99. The first kappa shape index (κ1) is 18.4. The van der Waals surface area contributed by atoms with Crippen molar-refractivity contribution < 1.29 is 19.1 Å². The van der Waals surface area contributed by atoms with Crippen LogP contribution in [0.3, 0.4) is 0 Å². The molecule has 1 aliphatic heterocycles. The number of hydrogen-bond donors (Lipinski definition) is 2. The molecule has 0 radical (unpaired) electrons. The summed E-state index contributed by atoms with van der Waals surface area (Å²) in [5, 5.41) is 13.3. The van der Waals surface area contributed by atoms with Gasteiger partial charge in [0.2, 0.25) is 0 Å². The number of carboxylic acids is 1. The molecule has 0 saturated carbocycles. The highest BCUT2D eigenvalue weighted by molar-refractivity contribution is 6.11. The maximum Gasteiger partial charge on any atom is 0.356 e. The SMILES string of the molecule is Cc1c(C(=O)N2CC(C)NC(C)C2)c2cc(F)ccc2n2cnc(C(=O)O)c12. The Balaban J connectivity index is 2.01. The molecule has 4 rings (SSSR count). The Kier molecular flexibility index (Phi) is 4.30. The van der Waals surface area contributed by atoms with Gasteiger partial charge in [0.1, 0.15) is 12.1 Å². The number of aromatic nitrogens is 2. The summed E-state index contributed by atoms with van der Waals surface area (Å²) in [6, 6.07) is 4.42. The van der Waals surface area contributed by atoms with Crippen LogP contribution in [0.25, 0.3) is 16.4 Å². The lowest BCUT2D eigenvalue weighted by Gasteiger charge is -2.36. The molecule has 3 heterocycles. The van der Waals surface area contributed by atoms with Crippen LogP contribution in [-0.4, -0.2) is 56.4 Å². The summed E-state index contributed by atoms with van der Waals surface area (Å²) >= 11 is 0. The molecule has 1 fully saturated rings. The smallest absolute Gasteiger partial charge is 0.356 e. The molecular weight excluding hydrogens is 363 g/mol. The fraction of sp³-hybridized carbons (Fsp3) is 0.350. The second kappa shape index (κ2) is 6.56. The Labute approximate surface area is 160 Å². The zero-order chi connectivity index (χ0) is 20.2. The monoisotopic (exact) mass is 384 g/mol. The van der Waals surface area contributed by atoms with Crippen LogP contribution in [-0.2, 0) is 0 Å². The first-order valence-corrected chi connectivity index (χ1v) is 9.15. The molecule has 2 aromatic heterocycles. The van der Waals surface area contributed by atoms with Crippen molar-refractivity contribution in [3.63, 3.8) is 0 Å². The number of halogens is 1. The zero-order valence-electron chi connectivity index (χ0n) is 15.9. The summed E-state index contributed by atoms with van der Waals surface area (Å²) in [4.78, 5) is 30.9.